The summed E-state index contributed by atoms with van der Waals surface area (Å²) in [5.41, 5.74) is 0. The highest BCUT2D eigenvalue weighted by Crippen LogP contribution is 2.34. The van der Waals surface area contributed by atoms with Gasteiger partial charge in [-0.3, -0.25) is 4.79 Å². The Hall–Kier alpha value is -1.78. The number of aliphatic hydroxyl groups excluding tert-OH is 3. The van der Waals surface area contributed by atoms with Gasteiger partial charge in [0.15, 0.2) is 12.6 Å². The van der Waals surface area contributed by atoms with Crippen molar-refractivity contribution in [1.29, 1.82) is 0 Å². The molecule has 3 heterocycles. The first kappa shape index (κ1) is 41.6. The summed E-state index contributed by atoms with van der Waals surface area (Å²) in [6, 6.07) is -0.434. The summed E-state index contributed by atoms with van der Waals surface area (Å²) in [5.74, 6) is -1.35. The van der Waals surface area contributed by atoms with E-state index in [4.69, 9.17) is 28.4 Å². The molecule has 0 radical (unpaired) electrons. The summed E-state index contributed by atoms with van der Waals surface area (Å²) in [4.78, 5) is 29.0. The van der Waals surface area contributed by atoms with Crippen LogP contribution in [0.3, 0.4) is 0 Å². The lowest BCUT2D eigenvalue weighted by molar-refractivity contribution is -0.309. The maximum Gasteiger partial charge on any atom is 0.308 e. The van der Waals surface area contributed by atoms with Gasteiger partial charge < -0.3 is 58.3 Å². The minimum absolute atomic E-state index is 0.0262. The normalized spacial score (nSPS) is 41.9. The van der Waals surface area contributed by atoms with Crippen molar-refractivity contribution in [3.63, 3.8) is 0 Å². The highest BCUT2D eigenvalue weighted by molar-refractivity contribution is 5.70. The number of carbonyl (C=O) groups excluding carboxylic acids is 2. The van der Waals surface area contributed by atoms with Gasteiger partial charge in [0, 0.05) is 26.0 Å². The van der Waals surface area contributed by atoms with Crippen molar-refractivity contribution in [3.05, 3.63) is 24.3 Å². The average molecular weight is 699 g/mol. The highest BCUT2D eigenvalue weighted by Gasteiger charge is 2.48. The van der Waals surface area contributed by atoms with E-state index in [1.807, 2.05) is 45.3 Å². The molecule has 2 saturated heterocycles. The molecule has 0 aromatic carbocycles. The number of nitrogens with zero attached hydrogens (tertiary/aromatic N) is 2. The van der Waals surface area contributed by atoms with Crippen molar-refractivity contribution in [1.82, 2.24) is 9.80 Å². The van der Waals surface area contributed by atoms with Crippen LogP contribution in [0.15, 0.2) is 24.3 Å². The molecule has 0 bridgehead atoms. The topological polar surface area (TPSA) is 157 Å². The molecule has 3 aliphatic rings. The van der Waals surface area contributed by atoms with E-state index in [9.17, 15) is 24.9 Å². The summed E-state index contributed by atoms with van der Waals surface area (Å²) < 4.78 is 36.8. The van der Waals surface area contributed by atoms with Crippen molar-refractivity contribution in [3.8, 4) is 0 Å². The number of ether oxygens (including phenoxy) is 6. The lowest BCUT2D eigenvalue weighted by Crippen LogP contribution is -2.63. The van der Waals surface area contributed by atoms with Crippen LogP contribution in [0.5, 0.6) is 0 Å². The molecule has 3 rings (SSSR count). The Morgan fingerprint density at radius 2 is 1.63 bits per heavy atom. The number of hydrogen-bond donors (Lipinski definition) is 3. The molecule has 3 aliphatic heterocycles. The third-order valence-corrected chi connectivity index (χ3v) is 10.1. The number of hydrogen-bond acceptors (Lipinski definition) is 13. The minimum Gasteiger partial charge on any atom is -0.462 e. The maximum absolute atomic E-state index is 12.9. The zero-order valence-electron chi connectivity index (χ0n) is 30.8. The second kappa shape index (κ2) is 19.7. The van der Waals surface area contributed by atoms with E-state index in [2.05, 4.69) is 11.8 Å². The van der Waals surface area contributed by atoms with Gasteiger partial charge in [0.25, 0.3) is 0 Å². The Morgan fingerprint density at radius 3 is 2.24 bits per heavy atom. The van der Waals surface area contributed by atoms with Gasteiger partial charge in [0.05, 0.1) is 49.1 Å². The molecule has 2 fully saturated rings. The molecule has 0 saturated carbocycles. The Bertz CT molecular complexity index is 1070. The fourth-order valence-electron chi connectivity index (χ4n) is 7.35. The van der Waals surface area contributed by atoms with Crippen molar-refractivity contribution < 1.29 is 53.3 Å². The number of aldehydes is 1. The van der Waals surface area contributed by atoms with Gasteiger partial charge in [-0.2, -0.15) is 0 Å². The third-order valence-electron chi connectivity index (χ3n) is 10.1. The van der Waals surface area contributed by atoms with E-state index in [1.54, 1.807) is 32.8 Å². The fraction of sp³-hybridized carbons (Fsp3) is 0.833. The molecule has 0 amide bonds. The molecular formula is C36H62N2O11. The molecule has 0 aromatic heterocycles. The van der Waals surface area contributed by atoms with Crippen LogP contribution in [0.1, 0.15) is 66.2 Å². The van der Waals surface area contributed by atoms with E-state index in [1.165, 1.54) is 7.11 Å². The SMILES string of the molecule is COC1C(O)CC(=O)OC(C)CC=CC=CC(OC2CCC(N(C)C)C(C)O2)C(C)CC(CC=O)C1OC1OC(C)C(O)C(N(C)C)C1O. The number of carbonyl (C=O) groups is 2. The zero-order valence-corrected chi connectivity index (χ0v) is 30.8. The summed E-state index contributed by atoms with van der Waals surface area (Å²) in [7, 11) is 8.97. The van der Waals surface area contributed by atoms with Gasteiger partial charge in [-0.05, 0) is 80.1 Å². The Labute approximate surface area is 292 Å². The number of esters is 1. The molecule has 49 heavy (non-hydrogen) atoms. The molecule has 0 aromatic rings. The lowest BCUT2D eigenvalue weighted by atomic mass is 9.82. The van der Waals surface area contributed by atoms with Crippen LogP contribution in [0.2, 0.25) is 0 Å². The molecule has 0 spiro atoms. The molecule has 3 N–H and O–H groups in total. The predicted octanol–water partition coefficient (Wildman–Crippen LogP) is 2.05. The first-order chi connectivity index (χ1) is 23.2. The van der Waals surface area contributed by atoms with Crippen LogP contribution in [0.25, 0.3) is 0 Å². The molecular weight excluding hydrogens is 636 g/mol. The number of likely N-dealkylation sites (N-methyl/N-ethyl adjacent to an activating group) is 2. The molecule has 15 atom stereocenters. The highest BCUT2D eigenvalue weighted by atomic mass is 16.7. The number of methoxy groups -OCH3 is 1. The van der Waals surface area contributed by atoms with Crippen molar-refractivity contribution in [2.45, 2.75) is 146 Å². The molecule has 13 nitrogen and oxygen atoms in total. The van der Waals surface area contributed by atoms with Crippen molar-refractivity contribution in [2.24, 2.45) is 11.8 Å². The maximum atomic E-state index is 12.9. The van der Waals surface area contributed by atoms with E-state index in [-0.39, 0.29) is 30.9 Å². The van der Waals surface area contributed by atoms with E-state index < -0.39 is 79.3 Å². The van der Waals surface area contributed by atoms with Crippen LogP contribution in [0.4, 0.5) is 0 Å². The summed E-state index contributed by atoms with van der Waals surface area (Å²) >= 11 is 0. The van der Waals surface area contributed by atoms with E-state index in [0.29, 0.717) is 12.8 Å². The van der Waals surface area contributed by atoms with E-state index >= 15 is 0 Å². The smallest absolute Gasteiger partial charge is 0.308 e. The standard InChI is InChI=1S/C36H62N2O11/c1-21-19-25(17-18-39)34(49-36-33(43)31(38(7)8)32(42)24(4)47-36)35(44-9)27(40)20-29(41)45-22(2)13-11-10-12-14-28(21)48-30-16-15-26(37(5)6)23(3)46-30/h10-12,14,18,21-28,30-36,40,42-43H,13,15-17,19-20H2,1-9H3. The van der Waals surface area contributed by atoms with Crippen molar-refractivity contribution in [2.75, 3.05) is 35.3 Å². The van der Waals surface area contributed by atoms with Crippen LogP contribution >= 0.6 is 0 Å². The van der Waals surface area contributed by atoms with Crippen LogP contribution in [-0.2, 0) is 38.0 Å². The Morgan fingerprint density at radius 1 is 0.918 bits per heavy atom. The summed E-state index contributed by atoms with van der Waals surface area (Å²) in [6.45, 7) is 7.53. The van der Waals surface area contributed by atoms with Gasteiger partial charge in [0.2, 0.25) is 0 Å². The fourth-order valence-corrected chi connectivity index (χ4v) is 7.35. The number of cyclic esters (lactones) is 1. The van der Waals surface area contributed by atoms with Gasteiger partial charge in [-0.1, -0.05) is 31.2 Å². The molecule has 15 unspecified atom stereocenters. The number of allylic oxidation sites excluding steroid dienone is 2. The molecule has 0 aliphatic carbocycles. The van der Waals surface area contributed by atoms with Gasteiger partial charge in [-0.15, -0.1) is 0 Å². The van der Waals surface area contributed by atoms with Gasteiger partial charge in [0.1, 0.15) is 24.6 Å². The van der Waals surface area contributed by atoms with Crippen LogP contribution < -0.4 is 0 Å². The number of rotatable bonds is 9. The minimum atomic E-state index is -1.37. The second-order valence-corrected chi connectivity index (χ2v) is 14.4. The number of aliphatic hydroxyl groups is 3. The zero-order chi connectivity index (χ0) is 36.4. The Balaban J connectivity index is 2.00. The van der Waals surface area contributed by atoms with Gasteiger partial charge in [-0.25, -0.2) is 0 Å². The quantitative estimate of drug-likeness (QED) is 0.238. The molecule has 13 heteroatoms. The van der Waals surface area contributed by atoms with Crippen LogP contribution in [0, 0.1) is 11.8 Å². The predicted molar refractivity (Wildman–Crippen MR) is 182 cm³/mol. The summed E-state index contributed by atoms with van der Waals surface area (Å²) in [5, 5.41) is 33.6. The largest absolute Gasteiger partial charge is 0.462 e. The summed E-state index contributed by atoms with van der Waals surface area (Å²) in [6.07, 6.45) is 1.58. The van der Waals surface area contributed by atoms with Crippen LogP contribution in [-0.4, -0.2) is 152 Å². The van der Waals surface area contributed by atoms with Gasteiger partial charge >= 0.3 is 5.97 Å². The monoisotopic (exact) mass is 698 g/mol. The second-order valence-electron chi connectivity index (χ2n) is 14.4. The Kier molecular flexibility index (Phi) is 16.8. The first-order valence-corrected chi connectivity index (χ1v) is 17.7. The third kappa shape index (κ3) is 11.6. The van der Waals surface area contributed by atoms with Crippen molar-refractivity contribution >= 4 is 12.3 Å². The first-order valence-electron chi connectivity index (χ1n) is 17.7. The molecule has 282 valence electrons. The average Bonchev–Trinajstić information content (AvgIpc) is 3.01. The lowest BCUT2D eigenvalue weighted by Gasteiger charge is -2.46. The van der Waals surface area contributed by atoms with E-state index in [0.717, 1.165) is 19.1 Å².